The molecule has 2 saturated heterocycles. The molecule has 2 aliphatic rings. The molecule has 0 aromatic rings. The Morgan fingerprint density at radius 3 is 2.53 bits per heavy atom. The predicted molar refractivity (Wildman–Crippen MR) is 75.4 cm³/mol. The molecule has 1 amide bonds. The van der Waals surface area contributed by atoms with Crippen molar-refractivity contribution >= 4 is 18.3 Å². The number of morpholine rings is 1. The summed E-state index contributed by atoms with van der Waals surface area (Å²) in [5.74, 6) is 0.329. The Hall–Kier alpha value is -0.360. The Kier molecular flexibility index (Phi) is 6.05. The molecule has 2 aliphatic heterocycles. The van der Waals surface area contributed by atoms with Crippen molar-refractivity contribution in [2.45, 2.75) is 38.3 Å². The lowest BCUT2D eigenvalue weighted by molar-refractivity contribution is -0.149. The molecular weight excluding hydrogens is 268 g/mol. The second kappa shape index (κ2) is 6.88. The van der Waals surface area contributed by atoms with Gasteiger partial charge in [-0.3, -0.25) is 4.79 Å². The molecule has 0 aromatic carbocycles. The minimum absolute atomic E-state index is 0. The van der Waals surface area contributed by atoms with Gasteiger partial charge >= 0.3 is 0 Å². The van der Waals surface area contributed by atoms with Gasteiger partial charge in [0.05, 0.1) is 18.2 Å². The normalized spacial score (nSPS) is 25.5. The van der Waals surface area contributed by atoms with E-state index in [2.05, 4.69) is 0 Å². The van der Waals surface area contributed by atoms with E-state index in [0.717, 1.165) is 26.1 Å². The van der Waals surface area contributed by atoms with Crippen LogP contribution in [0.15, 0.2) is 0 Å². The van der Waals surface area contributed by atoms with Gasteiger partial charge in [-0.05, 0) is 32.6 Å². The Labute approximate surface area is 121 Å². The number of carbonyl (C=O) groups is 1. The quantitative estimate of drug-likeness (QED) is 0.818. The third-order valence-corrected chi connectivity index (χ3v) is 3.80. The van der Waals surface area contributed by atoms with Crippen molar-refractivity contribution in [3.8, 4) is 0 Å². The van der Waals surface area contributed by atoms with Gasteiger partial charge in [-0.2, -0.15) is 0 Å². The van der Waals surface area contributed by atoms with Crippen LogP contribution in [-0.4, -0.2) is 55.4 Å². The third kappa shape index (κ3) is 4.31. The summed E-state index contributed by atoms with van der Waals surface area (Å²) in [4.78, 5) is 14.2. The van der Waals surface area contributed by atoms with Crippen LogP contribution in [-0.2, 0) is 14.3 Å². The van der Waals surface area contributed by atoms with Crippen LogP contribution < -0.4 is 5.73 Å². The van der Waals surface area contributed by atoms with Gasteiger partial charge in [-0.25, -0.2) is 0 Å². The maximum absolute atomic E-state index is 12.4. The molecule has 2 N–H and O–H groups in total. The van der Waals surface area contributed by atoms with Gasteiger partial charge in [0.2, 0.25) is 5.91 Å². The van der Waals surface area contributed by atoms with E-state index in [-0.39, 0.29) is 35.9 Å². The van der Waals surface area contributed by atoms with Crippen LogP contribution in [0.4, 0.5) is 0 Å². The zero-order valence-corrected chi connectivity index (χ0v) is 12.6. The first kappa shape index (κ1) is 16.7. The van der Waals surface area contributed by atoms with E-state index in [1.807, 2.05) is 18.7 Å². The van der Waals surface area contributed by atoms with Crippen molar-refractivity contribution in [3.05, 3.63) is 0 Å². The zero-order chi connectivity index (χ0) is 13.2. The van der Waals surface area contributed by atoms with E-state index in [1.54, 1.807) is 0 Å². The number of hydrogen-bond acceptors (Lipinski definition) is 4. The van der Waals surface area contributed by atoms with Crippen LogP contribution in [0, 0.1) is 5.92 Å². The SMILES string of the molecule is CC1(C)CN(C(=O)C(N)C2CCOCC2)CCO1.Cl. The first-order valence-corrected chi connectivity index (χ1v) is 6.76. The number of nitrogens with zero attached hydrogens (tertiary/aromatic N) is 1. The fourth-order valence-electron chi connectivity index (χ4n) is 2.69. The summed E-state index contributed by atoms with van der Waals surface area (Å²) < 4.78 is 10.9. The summed E-state index contributed by atoms with van der Waals surface area (Å²) in [6.07, 6.45) is 1.78. The fourth-order valence-corrected chi connectivity index (χ4v) is 2.69. The van der Waals surface area contributed by atoms with E-state index < -0.39 is 0 Å². The van der Waals surface area contributed by atoms with Crippen molar-refractivity contribution in [1.29, 1.82) is 0 Å². The smallest absolute Gasteiger partial charge is 0.239 e. The Morgan fingerprint density at radius 2 is 1.95 bits per heavy atom. The summed E-state index contributed by atoms with van der Waals surface area (Å²) in [5.41, 5.74) is 5.86. The molecule has 0 aromatic heterocycles. The van der Waals surface area contributed by atoms with E-state index in [0.29, 0.717) is 19.7 Å². The average molecular weight is 293 g/mol. The number of rotatable bonds is 2. The summed E-state index contributed by atoms with van der Waals surface area (Å²) in [6, 6.07) is -0.386. The maximum Gasteiger partial charge on any atom is 0.239 e. The highest BCUT2D eigenvalue weighted by Crippen LogP contribution is 2.22. The lowest BCUT2D eigenvalue weighted by Gasteiger charge is -2.40. The molecule has 5 nitrogen and oxygen atoms in total. The van der Waals surface area contributed by atoms with Gasteiger partial charge in [0.25, 0.3) is 0 Å². The average Bonchev–Trinajstić information content (AvgIpc) is 2.37. The molecule has 0 aliphatic carbocycles. The molecule has 6 heteroatoms. The monoisotopic (exact) mass is 292 g/mol. The lowest BCUT2D eigenvalue weighted by atomic mass is 9.91. The largest absolute Gasteiger partial charge is 0.381 e. The first-order chi connectivity index (χ1) is 8.49. The molecule has 1 unspecified atom stereocenters. The van der Waals surface area contributed by atoms with Crippen molar-refractivity contribution < 1.29 is 14.3 Å². The Bertz CT molecular complexity index is 306. The van der Waals surface area contributed by atoms with Crippen LogP contribution in [0.1, 0.15) is 26.7 Å². The van der Waals surface area contributed by atoms with Gasteiger partial charge in [-0.1, -0.05) is 0 Å². The summed E-state index contributed by atoms with van der Waals surface area (Å²) >= 11 is 0. The molecule has 0 radical (unpaired) electrons. The van der Waals surface area contributed by atoms with Gasteiger partial charge in [0.1, 0.15) is 0 Å². The number of hydrogen-bond donors (Lipinski definition) is 1. The molecule has 19 heavy (non-hydrogen) atoms. The number of halogens is 1. The minimum atomic E-state index is -0.386. The number of ether oxygens (including phenoxy) is 2. The molecule has 2 heterocycles. The van der Waals surface area contributed by atoms with Gasteiger partial charge < -0.3 is 20.1 Å². The van der Waals surface area contributed by atoms with E-state index >= 15 is 0 Å². The molecule has 0 bridgehead atoms. The first-order valence-electron chi connectivity index (χ1n) is 6.76. The van der Waals surface area contributed by atoms with Gasteiger partial charge in [0.15, 0.2) is 0 Å². The van der Waals surface area contributed by atoms with Crippen LogP contribution in [0.5, 0.6) is 0 Å². The van der Waals surface area contributed by atoms with Crippen LogP contribution in [0.2, 0.25) is 0 Å². The minimum Gasteiger partial charge on any atom is -0.381 e. The number of amides is 1. The topological polar surface area (TPSA) is 64.8 Å². The molecule has 1 atom stereocenters. The number of nitrogens with two attached hydrogens (primary N) is 1. The van der Waals surface area contributed by atoms with Crippen molar-refractivity contribution in [2.24, 2.45) is 11.7 Å². The maximum atomic E-state index is 12.4. The number of carbonyl (C=O) groups excluding carboxylic acids is 1. The summed E-state index contributed by atoms with van der Waals surface area (Å²) in [6.45, 7) is 7.33. The van der Waals surface area contributed by atoms with Crippen molar-refractivity contribution in [1.82, 2.24) is 4.90 Å². The third-order valence-electron chi connectivity index (χ3n) is 3.80. The summed E-state index contributed by atoms with van der Waals surface area (Å²) in [5, 5.41) is 0. The summed E-state index contributed by atoms with van der Waals surface area (Å²) in [7, 11) is 0. The van der Waals surface area contributed by atoms with Crippen LogP contribution >= 0.6 is 12.4 Å². The molecule has 2 rings (SSSR count). The molecule has 0 saturated carbocycles. The van der Waals surface area contributed by atoms with E-state index in [4.69, 9.17) is 15.2 Å². The molecule has 112 valence electrons. The second-order valence-corrected chi connectivity index (χ2v) is 5.84. The second-order valence-electron chi connectivity index (χ2n) is 5.84. The van der Waals surface area contributed by atoms with E-state index in [1.165, 1.54) is 0 Å². The van der Waals surface area contributed by atoms with Gasteiger partial charge in [-0.15, -0.1) is 12.4 Å². The standard InChI is InChI=1S/C13H24N2O3.ClH/c1-13(2)9-15(5-8-18-13)12(16)11(14)10-3-6-17-7-4-10;/h10-11H,3-9,14H2,1-2H3;1H. The van der Waals surface area contributed by atoms with Gasteiger partial charge in [0, 0.05) is 26.3 Å². The Balaban J connectivity index is 0.00000180. The highest BCUT2D eigenvalue weighted by Gasteiger charge is 2.35. The predicted octanol–water partition coefficient (Wildman–Crippen LogP) is 0.799. The lowest BCUT2D eigenvalue weighted by Crippen LogP contribution is -2.56. The van der Waals surface area contributed by atoms with E-state index in [9.17, 15) is 4.79 Å². The van der Waals surface area contributed by atoms with Crippen molar-refractivity contribution in [3.63, 3.8) is 0 Å². The highest BCUT2D eigenvalue weighted by molar-refractivity contribution is 5.85. The molecule has 0 spiro atoms. The fraction of sp³-hybridized carbons (Fsp3) is 0.923. The Morgan fingerprint density at radius 1 is 1.32 bits per heavy atom. The molecule has 2 fully saturated rings. The zero-order valence-electron chi connectivity index (χ0n) is 11.8. The highest BCUT2D eigenvalue weighted by atomic mass is 35.5. The van der Waals surface area contributed by atoms with Crippen LogP contribution in [0.3, 0.4) is 0 Å². The molecular formula is C13H25ClN2O3. The van der Waals surface area contributed by atoms with Crippen molar-refractivity contribution in [2.75, 3.05) is 32.9 Å². The van der Waals surface area contributed by atoms with Crippen LogP contribution in [0.25, 0.3) is 0 Å².